The van der Waals surface area contributed by atoms with E-state index < -0.39 is 0 Å². The van der Waals surface area contributed by atoms with E-state index in [-0.39, 0.29) is 12.5 Å². The van der Waals surface area contributed by atoms with E-state index in [0.29, 0.717) is 12.0 Å². The van der Waals surface area contributed by atoms with E-state index in [0.717, 1.165) is 25.9 Å². The molecule has 0 aromatic carbocycles. The molecule has 5 heteroatoms. The molecule has 0 saturated carbocycles. The summed E-state index contributed by atoms with van der Waals surface area (Å²) in [5.74, 6) is 0.0769. The first-order valence-electron chi connectivity index (χ1n) is 5.06. The van der Waals surface area contributed by atoms with E-state index >= 15 is 0 Å². The van der Waals surface area contributed by atoms with Crippen LogP contribution >= 0.6 is 0 Å². The average molecular weight is 207 g/mol. The molecule has 2 heterocycles. The van der Waals surface area contributed by atoms with Crippen molar-refractivity contribution >= 4 is 12.2 Å². The van der Waals surface area contributed by atoms with Crippen LogP contribution in [0, 0.1) is 0 Å². The number of amides is 1. The number of hydrogen-bond acceptors (Lipinski definition) is 3. The molecule has 1 aromatic rings. The van der Waals surface area contributed by atoms with Crippen molar-refractivity contribution in [1.82, 2.24) is 14.7 Å². The number of carbonyl (C=O) groups excluding carboxylic acids is 2. The molecule has 2 rings (SSSR count). The molecule has 1 fully saturated rings. The standard InChI is InChI=1S/C10H13N3O2/c14-8-9-3-6-13(11-9)7-10(15)12-4-1-2-5-12/h3,6,8H,1-2,4-5,7H2. The molecule has 0 unspecified atom stereocenters. The first-order chi connectivity index (χ1) is 7.29. The zero-order valence-electron chi connectivity index (χ0n) is 8.43. The molecule has 0 N–H and O–H groups in total. The van der Waals surface area contributed by atoms with Gasteiger partial charge in [0.25, 0.3) is 0 Å². The van der Waals surface area contributed by atoms with Crippen molar-refractivity contribution in [2.24, 2.45) is 0 Å². The highest BCUT2D eigenvalue weighted by Crippen LogP contribution is 2.08. The van der Waals surface area contributed by atoms with Crippen LogP contribution in [0.25, 0.3) is 0 Å². The quantitative estimate of drug-likeness (QED) is 0.671. The zero-order chi connectivity index (χ0) is 10.7. The van der Waals surface area contributed by atoms with Crippen LogP contribution in [0.15, 0.2) is 12.3 Å². The Morgan fingerprint density at radius 1 is 1.47 bits per heavy atom. The van der Waals surface area contributed by atoms with E-state index in [1.165, 1.54) is 4.68 Å². The monoisotopic (exact) mass is 207 g/mol. The minimum Gasteiger partial charge on any atom is -0.341 e. The van der Waals surface area contributed by atoms with Gasteiger partial charge in [0.05, 0.1) is 0 Å². The highest BCUT2D eigenvalue weighted by atomic mass is 16.2. The van der Waals surface area contributed by atoms with Crippen molar-refractivity contribution in [3.63, 3.8) is 0 Å². The second-order valence-electron chi connectivity index (χ2n) is 3.64. The zero-order valence-corrected chi connectivity index (χ0v) is 8.43. The molecule has 1 amide bonds. The number of hydrogen-bond donors (Lipinski definition) is 0. The van der Waals surface area contributed by atoms with Crippen LogP contribution in [-0.2, 0) is 11.3 Å². The van der Waals surface area contributed by atoms with E-state index in [1.807, 2.05) is 4.90 Å². The Morgan fingerprint density at radius 2 is 2.20 bits per heavy atom. The smallest absolute Gasteiger partial charge is 0.244 e. The van der Waals surface area contributed by atoms with Gasteiger partial charge in [0.15, 0.2) is 6.29 Å². The van der Waals surface area contributed by atoms with Crippen LogP contribution in [0.5, 0.6) is 0 Å². The lowest BCUT2D eigenvalue weighted by atomic mass is 10.4. The highest BCUT2D eigenvalue weighted by Gasteiger charge is 2.18. The molecule has 1 aromatic heterocycles. The lowest BCUT2D eigenvalue weighted by Gasteiger charge is -2.14. The lowest BCUT2D eigenvalue weighted by Crippen LogP contribution is -2.31. The fourth-order valence-corrected chi connectivity index (χ4v) is 1.73. The molecule has 0 atom stereocenters. The largest absolute Gasteiger partial charge is 0.341 e. The summed E-state index contributed by atoms with van der Waals surface area (Å²) in [5, 5.41) is 3.94. The van der Waals surface area contributed by atoms with Gasteiger partial charge in [0.2, 0.25) is 5.91 Å². The molecule has 1 aliphatic heterocycles. The summed E-state index contributed by atoms with van der Waals surface area (Å²) in [7, 11) is 0. The topological polar surface area (TPSA) is 55.2 Å². The number of nitrogens with zero attached hydrogens (tertiary/aromatic N) is 3. The van der Waals surface area contributed by atoms with Gasteiger partial charge >= 0.3 is 0 Å². The molecule has 0 radical (unpaired) electrons. The molecule has 0 aliphatic carbocycles. The molecule has 1 saturated heterocycles. The van der Waals surface area contributed by atoms with E-state index in [9.17, 15) is 9.59 Å². The number of aldehydes is 1. The predicted molar refractivity (Wildman–Crippen MR) is 53.4 cm³/mol. The Hall–Kier alpha value is -1.65. The third kappa shape index (κ3) is 2.23. The fourth-order valence-electron chi connectivity index (χ4n) is 1.73. The maximum atomic E-state index is 11.7. The van der Waals surface area contributed by atoms with E-state index in [1.54, 1.807) is 12.3 Å². The van der Waals surface area contributed by atoms with Crippen molar-refractivity contribution in [3.05, 3.63) is 18.0 Å². The summed E-state index contributed by atoms with van der Waals surface area (Å²) < 4.78 is 1.50. The number of aromatic nitrogens is 2. The van der Waals surface area contributed by atoms with Gasteiger partial charge in [-0.25, -0.2) is 0 Å². The Morgan fingerprint density at radius 3 is 2.80 bits per heavy atom. The number of carbonyl (C=O) groups is 2. The van der Waals surface area contributed by atoms with Gasteiger partial charge < -0.3 is 4.90 Å². The van der Waals surface area contributed by atoms with Crippen LogP contribution in [0.4, 0.5) is 0 Å². The maximum Gasteiger partial charge on any atom is 0.244 e. The van der Waals surface area contributed by atoms with Gasteiger partial charge in [0.1, 0.15) is 12.2 Å². The second-order valence-corrected chi connectivity index (χ2v) is 3.64. The summed E-state index contributed by atoms with van der Waals surface area (Å²) in [6, 6.07) is 1.60. The first-order valence-corrected chi connectivity index (χ1v) is 5.06. The Labute approximate surface area is 87.7 Å². The highest BCUT2D eigenvalue weighted by molar-refractivity contribution is 5.76. The average Bonchev–Trinajstić information content (AvgIpc) is 2.87. The van der Waals surface area contributed by atoms with E-state index in [2.05, 4.69) is 5.10 Å². The minimum atomic E-state index is 0.0769. The molecule has 0 bridgehead atoms. The predicted octanol–water partition coefficient (Wildman–Crippen LogP) is 0.318. The lowest BCUT2D eigenvalue weighted by molar-refractivity contribution is -0.130. The third-order valence-electron chi connectivity index (χ3n) is 2.54. The fraction of sp³-hybridized carbons (Fsp3) is 0.500. The normalized spacial score (nSPS) is 15.6. The Bertz CT molecular complexity index is 366. The molecular formula is C10H13N3O2. The summed E-state index contributed by atoms with van der Waals surface area (Å²) in [6.45, 7) is 1.93. The molecule has 1 aliphatic rings. The van der Waals surface area contributed by atoms with Crippen LogP contribution < -0.4 is 0 Å². The van der Waals surface area contributed by atoms with Gasteiger partial charge in [-0.15, -0.1) is 0 Å². The van der Waals surface area contributed by atoms with Crippen LogP contribution in [0.2, 0.25) is 0 Å². The van der Waals surface area contributed by atoms with Gasteiger partial charge in [0, 0.05) is 19.3 Å². The van der Waals surface area contributed by atoms with Crippen LogP contribution in [0.3, 0.4) is 0 Å². The van der Waals surface area contributed by atoms with Crippen LogP contribution in [-0.4, -0.2) is 40.0 Å². The number of likely N-dealkylation sites (tertiary alicyclic amines) is 1. The van der Waals surface area contributed by atoms with E-state index in [4.69, 9.17) is 0 Å². The minimum absolute atomic E-state index is 0.0769. The molecule has 0 spiro atoms. The van der Waals surface area contributed by atoms with Crippen molar-refractivity contribution in [1.29, 1.82) is 0 Å². The SMILES string of the molecule is O=Cc1ccn(CC(=O)N2CCCC2)n1. The molecular weight excluding hydrogens is 194 g/mol. The van der Waals surface area contributed by atoms with Gasteiger partial charge in [-0.2, -0.15) is 5.10 Å². The summed E-state index contributed by atoms with van der Waals surface area (Å²) in [5.41, 5.74) is 0.365. The summed E-state index contributed by atoms with van der Waals surface area (Å²) in [4.78, 5) is 23.9. The molecule has 5 nitrogen and oxygen atoms in total. The van der Waals surface area contributed by atoms with Crippen LogP contribution in [0.1, 0.15) is 23.3 Å². The third-order valence-corrected chi connectivity index (χ3v) is 2.54. The van der Waals surface area contributed by atoms with Crippen molar-refractivity contribution in [3.8, 4) is 0 Å². The van der Waals surface area contributed by atoms with Gasteiger partial charge in [-0.05, 0) is 18.9 Å². The maximum absolute atomic E-state index is 11.7. The summed E-state index contributed by atoms with van der Waals surface area (Å²) >= 11 is 0. The molecule has 15 heavy (non-hydrogen) atoms. The number of rotatable bonds is 3. The Kier molecular flexibility index (Phi) is 2.80. The van der Waals surface area contributed by atoms with Gasteiger partial charge in [-0.3, -0.25) is 14.3 Å². The van der Waals surface area contributed by atoms with Gasteiger partial charge in [-0.1, -0.05) is 0 Å². The van der Waals surface area contributed by atoms with Crippen molar-refractivity contribution in [2.45, 2.75) is 19.4 Å². The van der Waals surface area contributed by atoms with Crippen molar-refractivity contribution in [2.75, 3.05) is 13.1 Å². The summed E-state index contributed by atoms with van der Waals surface area (Å²) in [6.07, 6.45) is 4.50. The van der Waals surface area contributed by atoms with Crippen molar-refractivity contribution < 1.29 is 9.59 Å². The first kappa shape index (κ1) is 9.89. The second kappa shape index (κ2) is 4.25. The Balaban J connectivity index is 1.95. The molecule has 80 valence electrons.